The van der Waals surface area contributed by atoms with Gasteiger partial charge in [0.2, 0.25) is 5.82 Å². The molecule has 1 saturated carbocycles. The quantitative estimate of drug-likeness (QED) is 0.750. The predicted molar refractivity (Wildman–Crippen MR) is 105 cm³/mol. The van der Waals surface area contributed by atoms with Crippen LogP contribution in [-0.4, -0.2) is 45.7 Å². The zero-order chi connectivity index (χ0) is 20.9. The summed E-state index contributed by atoms with van der Waals surface area (Å²) in [6.07, 6.45) is 6.77. The van der Waals surface area contributed by atoms with Crippen LogP contribution >= 0.6 is 0 Å². The van der Waals surface area contributed by atoms with E-state index in [2.05, 4.69) is 15.5 Å². The molecule has 4 rings (SSSR count). The number of ether oxygens (including phenoxy) is 1. The van der Waals surface area contributed by atoms with E-state index in [0.717, 1.165) is 32.1 Å². The molecule has 2 aromatic rings. The molecule has 0 spiro atoms. The summed E-state index contributed by atoms with van der Waals surface area (Å²) in [6.45, 7) is 0.356. The van der Waals surface area contributed by atoms with Crippen LogP contribution in [-0.2, 0) is 16.1 Å². The van der Waals surface area contributed by atoms with E-state index in [1.807, 2.05) is 0 Å². The predicted octanol–water partition coefficient (Wildman–Crippen LogP) is 3.43. The van der Waals surface area contributed by atoms with Crippen LogP contribution in [0.5, 0.6) is 0 Å². The number of amides is 2. The number of esters is 1. The molecule has 1 atom stereocenters. The molecule has 2 fully saturated rings. The lowest BCUT2D eigenvalue weighted by Gasteiger charge is -2.28. The molecule has 2 aliphatic rings. The Balaban J connectivity index is 1.31. The Labute approximate surface area is 173 Å². The van der Waals surface area contributed by atoms with E-state index in [4.69, 9.17) is 9.26 Å². The molecule has 2 heterocycles. The normalized spacial score (nSPS) is 19.6. The van der Waals surface area contributed by atoms with E-state index in [1.54, 1.807) is 4.90 Å². The van der Waals surface area contributed by atoms with Crippen molar-refractivity contribution >= 4 is 12.0 Å². The van der Waals surface area contributed by atoms with Crippen molar-refractivity contribution in [3.8, 4) is 11.4 Å². The van der Waals surface area contributed by atoms with Crippen molar-refractivity contribution in [3.63, 3.8) is 0 Å². The first-order valence-electron chi connectivity index (χ1n) is 10.4. The highest BCUT2D eigenvalue weighted by atomic mass is 19.1. The highest BCUT2D eigenvalue weighted by Crippen LogP contribution is 2.22. The summed E-state index contributed by atoms with van der Waals surface area (Å²) in [4.78, 5) is 30.9. The highest BCUT2D eigenvalue weighted by Gasteiger charge is 2.36. The number of carbonyl (C=O) groups excluding carboxylic acids is 2. The van der Waals surface area contributed by atoms with Crippen molar-refractivity contribution in [1.29, 1.82) is 0 Å². The number of urea groups is 1. The summed E-state index contributed by atoms with van der Waals surface area (Å²) >= 11 is 0. The van der Waals surface area contributed by atoms with Gasteiger partial charge in [-0.15, -0.1) is 0 Å². The first-order chi connectivity index (χ1) is 14.6. The van der Waals surface area contributed by atoms with Gasteiger partial charge in [-0.3, -0.25) is 0 Å². The van der Waals surface area contributed by atoms with Crippen molar-refractivity contribution in [2.24, 2.45) is 0 Å². The Morgan fingerprint density at radius 3 is 2.67 bits per heavy atom. The first-order valence-corrected chi connectivity index (χ1v) is 10.4. The van der Waals surface area contributed by atoms with E-state index in [9.17, 15) is 14.0 Å². The molecule has 2 amide bonds. The lowest BCUT2D eigenvalue weighted by atomic mass is 9.96. The van der Waals surface area contributed by atoms with Gasteiger partial charge in [0, 0.05) is 18.2 Å². The van der Waals surface area contributed by atoms with Crippen LogP contribution < -0.4 is 5.32 Å². The molecule has 1 aliphatic heterocycles. The number of rotatable bonds is 5. The number of halogens is 1. The van der Waals surface area contributed by atoms with E-state index >= 15 is 0 Å². The summed E-state index contributed by atoms with van der Waals surface area (Å²) in [5.74, 6) is -0.410. The maximum Gasteiger partial charge on any atom is 0.329 e. The van der Waals surface area contributed by atoms with Crippen molar-refractivity contribution in [3.05, 3.63) is 36.0 Å². The third kappa shape index (κ3) is 4.77. The zero-order valence-electron chi connectivity index (χ0n) is 16.7. The van der Waals surface area contributed by atoms with Crippen molar-refractivity contribution < 1.29 is 23.2 Å². The van der Waals surface area contributed by atoms with Gasteiger partial charge in [0.25, 0.3) is 5.89 Å². The van der Waals surface area contributed by atoms with Crippen molar-refractivity contribution in [2.45, 2.75) is 63.6 Å². The Kier molecular flexibility index (Phi) is 6.25. The van der Waals surface area contributed by atoms with Crippen LogP contribution in [0.4, 0.5) is 9.18 Å². The number of likely N-dealkylation sites (tertiary alicyclic amines) is 1. The molecule has 1 aliphatic carbocycles. The molecule has 9 heteroatoms. The monoisotopic (exact) mass is 416 g/mol. The molecule has 160 valence electrons. The maximum absolute atomic E-state index is 13.0. The molecular weight excluding hydrogens is 391 g/mol. The zero-order valence-corrected chi connectivity index (χ0v) is 16.7. The van der Waals surface area contributed by atoms with Crippen molar-refractivity contribution in [2.75, 3.05) is 6.54 Å². The molecule has 0 radical (unpaired) electrons. The number of nitrogens with one attached hydrogen (secondary N) is 1. The Bertz CT molecular complexity index is 879. The second kappa shape index (κ2) is 9.23. The number of nitrogens with zero attached hydrogens (tertiary/aromatic N) is 3. The Morgan fingerprint density at radius 2 is 1.90 bits per heavy atom. The first kappa shape index (κ1) is 20.3. The minimum Gasteiger partial charge on any atom is -0.454 e. The van der Waals surface area contributed by atoms with Gasteiger partial charge in [0.05, 0.1) is 0 Å². The second-order valence-corrected chi connectivity index (χ2v) is 7.76. The van der Waals surface area contributed by atoms with Gasteiger partial charge in [-0.25, -0.2) is 14.0 Å². The molecule has 1 aromatic heterocycles. The molecule has 1 saturated heterocycles. The largest absolute Gasteiger partial charge is 0.454 e. The van der Waals surface area contributed by atoms with Gasteiger partial charge in [0.15, 0.2) is 6.61 Å². The van der Waals surface area contributed by atoms with Crippen LogP contribution in [0.2, 0.25) is 0 Å². The topological polar surface area (TPSA) is 97.6 Å². The third-order valence-electron chi connectivity index (χ3n) is 5.63. The molecule has 0 bridgehead atoms. The number of aromatic nitrogens is 2. The number of hydrogen-bond acceptors (Lipinski definition) is 6. The van der Waals surface area contributed by atoms with Crippen LogP contribution in [0.1, 0.15) is 50.8 Å². The molecule has 1 N–H and O–H groups in total. The number of carbonyl (C=O) groups is 2. The fourth-order valence-corrected chi connectivity index (χ4v) is 4.02. The molecule has 8 nitrogen and oxygen atoms in total. The van der Waals surface area contributed by atoms with Crippen LogP contribution in [0.3, 0.4) is 0 Å². The van der Waals surface area contributed by atoms with Crippen LogP contribution in [0.15, 0.2) is 28.8 Å². The second-order valence-electron chi connectivity index (χ2n) is 7.76. The molecule has 0 unspecified atom stereocenters. The van der Waals surface area contributed by atoms with Crippen molar-refractivity contribution in [1.82, 2.24) is 20.4 Å². The van der Waals surface area contributed by atoms with Gasteiger partial charge in [-0.2, -0.15) is 4.98 Å². The summed E-state index contributed by atoms with van der Waals surface area (Å²) in [5.41, 5.74) is 0.596. The number of benzene rings is 1. The van der Waals surface area contributed by atoms with E-state index in [1.165, 1.54) is 30.7 Å². The molecular formula is C21H25FN4O4. The van der Waals surface area contributed by atoms with Crippen LogP contribution in [0.25, 0.3) is 11.4 Å². The Hall–Kier alpha value is -2.97. The summed E-state index contributed by atoms with van der Waals surface area (Å²) in [7, 11) is 0. The smallest absolute Gasteiger partial charge is 0.329 e. The summed E-state index contributed by atoms with van der Waals surface area (Å²) < 4.78 is 23.5. The van der Waals surface area contributed by atoms with E-state index < -0.39 is 12.0 Å². The summed E-state index contributed by atoms with van der Waals surface area (Å²) in [5, 5.41) is 6.88. The van der Waals surface area contributed by atoms with Crippen LogP contribution in [0, 0.1) is 5.82 Å². The third-order valence-corrected chi connectivity index (χ3v) is 5.63. The van der Waals surface area contributed by atoms with E-state index in [-0.39, 0.29) is 36.2 Å². The molecule has 1 aromatic carbocycles. The maximum atomic E-state index is 13.0. The minimum absolute atomic E-state index is 0.138. The average molecular weight is 416 g/mol. The lowest BCUT2D eigenvalue weighted by Crippen LogP contribution is -2.49. The van der Waals surface area contributed by atoms with E-state index in [0.29, 0.717) is 18.5 Å². The lowest BCUT2D eigenvalue weighted by molar-refractivity contribution is -0.150. The van der Waals surface area contributed by atoms with Gasteiger partial charge in [-0.05, 0) is 49.9 Å². The van der Waals surface area contributed by atoms with Gasteiger partial charge >= 0.3 is 12.0 Å². The van der Waals surface area contributed by atoms with Gasteiger partial charge in [0.1, 0.15) is 11.9 Å². The van der Waals surface area contributed by atoms with Gasteiger partial charge in [-0.1, -0.05) is 24.4 Å². The average Bonchev–Trinajstić information content (AvgIpc) is 3.43. The SMILES string of the molecule is O=C(OCc1nc(-c2ccc(F)cc2)no1)[C@@H]1CCCN1C(=O)NC1CCCCC1. The standard InChI is InChI=1S/C21H25FN4O4/c22-15-10-8-14(9-11-15)19-24-18(30-25-19)13-29-20(27)17-7-4-12-26(17)21(28)23-16-5-2-1-3-6-16/h8-11,16-17H,1-7,12-13H2,(H,23,28)/t17-/m0/s1. The fourth-order valence-electron chi connectivity index (χ4n) is 4.02. The molecule has 30 heavy (non-hydrogen) atoms. The van der Waals surface area contributed by atoms with Gasteiger partial charge < -0.3 is 19.5 Å². The fraction of sp³-hybridized carbons (Fsp3) is 0.524. The number of hydrogen-bond donors (Lipinski definition) is 1. The summed E-state index contributed by atoms with van der Waals surface area (Å²) in [6, 6.07) is 5.07. The highest BCUT2D eigenvalue weighted by molar-refractivity contribution is 5.84. The minimum atomic E-state index is -0.604. The Morgan fingerprint density at radius 1 is 1.13 bits per heavy atom.